The lowest BCUT2D eigenvalue weighted by Gasteiger charge is -2.27. The molecule has 0 radical (unpaired) electrons. The van der Waals surface area contributed by atoms with Crippen LogP contribution in [0, 0.1) is 0 Å². The summed E-state index contributed by atoms with van der Waals surface area (Å²) in [5.41, 5.74) is 7.46. The second kappa shape index (κ2) is 8.23. The molecule has 0 bridgehead atoms. The third-order valence-corrected chi connectivity index (χ3v) is 5.71. The molecule has 3 rings (SSSR count). The van der Waals surface area contributed by atoms with Gasteiger partial charge in [-0.3, -0.25) is 9.59 Å². The summed E-state index contributed by atoms with van der Waals surface area (Å²) in [5.74, 6) is 1.57. The van der Waals surface area contributed by atoms with Gasteiger partial charge in [-0.05, 0) is 5.56 Å². The van der Waals surface area contributed by atoms with Gasteiger partial charge >= 0.3 is 0 Å². The second-order valence-corrected chi connectivity index (χ2v) is 7.16. The van der Waals surface area contributed by atoms with Crippen molar-refractivity contribution in [1.82, 2.24) is 9.80 Å². The molecular formula is C17H24ClN3O2S. The van der Waals surface area contributed by atoms with Gasteiger partial charge in [-0.15, -0.1) is 24.2 Å². The highest BCUT2D eigenvalue weighted by atomic mass is 35.5. The molecule has 2 fully saturated rings. The Morgan fingerprint density at radius 2 is 1.96 bits per heavy atom. The standard InChI is InChI=1S/C17H23N3O2S.ClH/c1-2-16(21)20-11-23-10-15(20)17(22)19-8-13(14(18)9-19)12-6-4-3-5-7-12;/h3-7,13-15H,2,8-11,18H2,1H3;1H/t13-,14+,15?;/m0./s1. The Bertz CT molecular complexity index is 586. The van der Waals surface area contributed by atoms with Gasteiger partial charge in [0.25, 0.3) is 0 Å². The fourth-order valence-electron chi connectivity index (χ4n) is 3.37. The van der Waals surface area contributed by atoms with E-state index < -0.39 is 0 Å². The second-order valence-electron chi connectivity index (χ2n) is 6.16. The maximum absolute atomic E-state index is 12.9. The minimum atomic E-state index is -0.325. The van der Waals surface area contributed by atoms with Gasteiger partial charge < -0.3 is 15.5 Å². The van der Waals surface area contributed by atoms with Crippen LogP contribution >= 0.6 is 24.2 Å². The number of amides is 2. The van der Waals surface area contributed by atoms with Crippen LogP contribution in [-0.4, -0.2) is 58.4 Å². The number of likely N-dealkylation sites (tertiary alicyclic amines) is 1. The van der Waals surface area contributed by atoms with E-state index in [1.54, 1.807) is 16.7 Å². The number of carbonyl (C=O) groups is 2. The van der Waals surface area contributed by atoms with Crippen molar-refractivity contribution in [3.05, 3.63) is 35.9 Å². The lowest BCUT2D eigenvalue weighted by atomic mass is 9.95. The first-order chi connectivity index (χ1) is 11.1. The van der Waals surface area contributed by atoms with Crippen molar-refractivity contribution < 1.29 is 9.59 Å². The van der Waals surface area contributed by atoms with Gasteiger partial charge in [0.2, 0.25) is 11.8 Å². The molecule has 5 nitrogen and oxygen atoms in total. The molecule has 0 aliphatic carbocycles. The molecule has 0 saturated carbocycles. The van der Waals surface area contributed by atoms with Gasteiger partial charge in [-0.25, -0.2) is 0 Å². The monoisotopic (exact) mass is 369 g/mol. The van der Waals surface area contributed by atoms with Gasteiger partial charge in [0.15, 0.2) is 0 Å². The van der Waals surface area contributed by atoms with E-state index in [0.29, 0.717) is 31.1 Å². The molecule has 2 saturated heterocycles. The number of nitrogens with zero attached hydrogens (tertiary/aromatic N) is 2. The maximum atomic E-state index is 12.9. The van der Waals surface area contributed by atoms with Crippen LogP contribution in [0.1, 0.15) is 24.8 Å². The summed E-state index contributed by atoms with van der Waals surface area (Å²) in [6.07, 6.45) is 0.441. The summed E-state index contributed by atoms with van der Waals surface area (Å²) >= 11 is 1.65. The highest BCUT2D eigenvalue weighted by Crippen LogP contribution is 2.29. The van der Waals surface area contributed by atoms with Crippen LogP contribution in [0.25, 0.3) is 0 Å². The number of thioether (sulfide) groups is 1. The molecular weight excluding hydrogens is 346 g/mol. The van der Waals surface area contributed by atoms with Crippen molar-refractivity contribution in [2.45, 2.75) is 31.3 Å². The molecule has 2 heterocycles. The summed E-state index contributed by atoms with van der Waals surface area (Å²) in [4.78, 5) is 28.4. The molecule has 1 aromatic carbocycles. The Hall–Kier alpha value is -1.24. The number of hydrogen-bond donors (Lipinski definition) is 1. The molecule has 132 valence electrons. The fourth-order valence-corrected chi connectivity index (χ4v) is 4.54. The Labute approximate surface area is 153 Å². The molecule has 2 N–H and O–H groups in total. The largest absolute Gasteiger partial charge is 0.339 e. The molecule has 0 spiro atoms. The zero-order valence-corrected chi connectivity index (χ0v) is 15.4. The van der Waals surface area contributed by atoms with E-state index in [2.05, 4.69) is 12.1 Å². The van der Waals surface area contributed by atoms with Crippen molar-refractivity contribution in [2.75, 3.05) is 24.7 Å². The van der Waals surface area contributed by atoms with Gasteiger partial charge in [0.1, 0.15) is 6.04 Å². The first kappa shape index (κ1) is 19.1. The molecule has 0 aromatic heterocycles. The molecule has 2 aliphatic heterocycles. The van der Waals surface area contributed by atoms with Crippen LogP contribution in [0.4, 0.5) is 0 Å². The number of benzene rings is 1. The van der Waals surface area contributed by atoms with Crippen LogP contribution in [0.5, 0.6) is 0 Å². The maximum Gasteiger partial charge on any atom is 0.246 e. The number of halogens is 1. The van der Waals surface area contributed by atoms with E-state index >= 15 is 0 Å². The first-order valence-corrected chi connectivity index (χ1v) is 9.23. The van der Waals surface area contributed by atoms with Crippen molar-refractivity contribution >= 4 is 36.0 Å². The van der Waals surface area contributed by atoms with Gasteiger partial charge in [-0.1, -0.05) is 37.3 Å². The quantitative estimate of drug-likeness (QED) is 0.880. The minimum Gasteiger partial charge on any atom is -0.339 e. The summed E-state index contributed by atoms with van der Waals surface area (Å²) in [6.45, 7) is 3.04. The van der Waals surface area contributed by atoms with Crippen molar-refractivity contribution in [1.29, 1.82) is 0 Å². The predicted molar refractivity (Wildman–Crippen MR) is 99.2 cm³/mol. The van der Waals surface area contributed by atoms with E-state index in [1.165, 1.54) is 5.56 Å². The third-order valence-electron chi connectivity index (χ3n) is 4.69. The Morgan fingerprint density at radius 3 is 2.62 bits per heavy atom. The van der Waals surface area contributed by atoms with Crippen LogP contribution in [0.2, 0.25) is 0 Å². The highest BCUT2D eigenvalue weighted by Gasteiger charge is 2.41. The summed E-state index contributed by atoms with van der Waals surface area (Å²) < 4.78 is 0. The van der Waals surface area contributed by atoms with E-state index in [0.717, 1.165) is 0 Å². The number of hydrogen-bond acceptors (Lipinski definition) is 4. The molecule has 2 amide bonds. The van der Waals surface area contributed by atoms with Crippen LogP contribution < -0.4 is 5.73 Å². The molecule has 7 heteroatoms. The van der Waals surface area contributed by atoms with Crippen LogP contribution in [0.3, 0.4) is 0 Å². The van der Waals surface area contributed by atoms with Crippen molar-refractivity contribution in [3.8, 4) is 0 Å². The van der Waals surface area contributed by atoms with E-state index in [9.17, 15) is 9.59 Å². The zero-order chi connectivity index (χ0) is 16.4. The Kier molecular flexibility index (Phi) is 6.54. The molecule has 2 aliphatic rings. The van der Waals surface area contributed by atoms with E-state index in [-0.39, 0.29) is 42.2 Å². The van der Waals surface area contributed by atoms with Gasteiger partial charge in [0.05, 0.1) is 5.88 Å². The molecule has 1 unspecified atom stereocenters. The molecule has 1 aromatic rings. The topological polar surface area (TPSA) is 66.6 Å². The predicted octanol–water partition coefficient (Wildman–Crippen LogP) is 1.67. The number of carbonyl (C=O) groups excluding carboxylic acids is 2. The normalized spacial score (nSPS) is 26.3. The van der Waals surface area contributed by atoms with Crippen molar-refractivity contribution in [3.63, 3.8) is 0 Å². The summed E-state index contributed by atoms with van der Waals surface area (Å²) in [6, 6.07) is 9.74. The summed E-state index contributed by atoms with van der Waals surface area (Å²) in [5, 5.41) is 0. The fraction of sp³-hybridized carbons (Fsp3) is 0.529. The lowest BCUT2D eigenvalue weighted by molar-refractivity contribution is -0.142. The van der Waals surface area contributed by atoms with Crippen molar-refractivity contribution in [2.24, 2.45) is 5.73 Å². The Balaban J connectivity index is 0.00000208. The minimum absolute atomic E-state index is 0. The van der Waals surface area contributed by atoms with E-state index in [4.69, 9.17) is 5.73 Å². The summed E-state index contributed by atoms with van der Waals surface area (Å²) in [7, 11) is 0. The van der Waals surface area contributed by atoms with Crippen LogP contribution in [0.15, 0.2) is 30.3 Å². The number of rotatable bonds is 3. The molecule has 3 atom stereocenters. The smallest absolute Gasteiger partial charge is 0.246 e. The first-order valence-electron chi connectivity index (χ1n) is 8.08. The molecule has 24 heavy (non-hydrogen) atoms. The van der Waals surface area contributed by atoms with E-state index in [1.807, 2.05) is 30.0 Å². The number of nitrogens with two attached hydrogens (primary N) is 1. The average molecular weight is 370 g/mol. The lowest BCUT2D eigenvalue weighted by Crippen LogP contribution is -2.48. The Morgan fingerprint density at radius 1 is 1.25 bits per heavy atom. The van der Waals surface area contributed by atoms with Gasteiger partial charge in [-0.2, -0.15) is 0 Å². The average Bonchev–Trinajstić information content (AvgIpc) is 3.21. The third kappa shape index (κ3) is 3.71. The van der Waals surface area contributed by atoms with Gasteiger partial charge in [0, 0.05) is 37.2 Å². The zero-order valence-electron chi connectivity index (χ0n) is 13.8. The highest BCUT2D eigenvalue weighted by molar-refractivity contribution is 7.99. The SMILES string of the molecule is CCC(=O)N1CSCC1C(=O)N1C[C@@H](N)[C@H](c2ccccc2)C1.Cl. The van der Waals surface area contributed by atoms with Crippen LogP contribution in [-0.2, 0) is 9.59 Å².